The van der Waals surface area contributed by atoms with E-state index in [-0.39, 0.29) is 6.04 Å². The third kappa shape index (κ3) is 3.17. The molecule has 1 aromatic heterocycles. The van der Waals surface area contributed by atoms with Gasteiger partial charge in [0.05, 0.1) is 16.9 Å². The molecule has 1 N–H and O–H groups in total. The van der Waals surface area contributed by atoms with Crippen molar-refractivity contribution in [3.05, 3.63) is 51.8 Å². The molecule has 0 fully saturated rings. The van der Waals surface area contributed by atoms with E-state index in [1.54, 1.807) is 17.8 Å². The SMILES string of the molecule is CC(C)n1ncc(Cl)c1C(C)(O)Cc1ccc(Cl)cc1. The fourth-order valence-corrected chi connectivity index (χ4v) is 2.78. The first kappa shape index (κ1) is 15.4. The van der Waals surface area contributed by atoms with Crippen molar-refractivity contribution >= 4 is 23.2 Å². The monoisotopic (exact) mass is 312 g/mol. The lowest BCUT2D eigenvalue weighted by molar-refractivity contribution is 0.0467. The second-order valence-corrected chi connectivity index (χ2v) is 6.30. The Morgan fingerprint density at radius 1 is 1.25 bits per heavy atom. The summed E-state index contributed by atoms with van der Waals surface area (Å²) in [6.45, 7) is 5.76. The number of hydrogen-bond donors (Lipinski definition) is 1. The summed E-state index contributed by atoms with van der Waals surface area (Å²) in [6, 6.07) is 7.57. The van der Waals surface area contributed by atoms with Crippen molar-refractivity contribution in [3.8, 4) is 0 Å². The van der Waals surface area contributed by atoms with Crippen LogP contribution >= 0.6 is 23.2 Å². The lowest BCUT2D eigenvalue weighted by Gasteiger charge is -2.26. The van der Waals surface area contributed by atoms with E-state index in [4.69, 9.17) is 23.2 Å². The van der Waals surface area contributed by atoms with Crippen molar-refractivity contribution in [2.24, 2.45) is 0 Å². The van der Waals surface area contributed by atoms with Gasteiger partial charge in [0.15, 0.2) is 0 Å². The number of aromatic nitrogens is 2. The van der Waals surface area contributed by atoms with Crippen molar-refractivity contribution in [2.45, 2.75) is 38.8 Å². The Morgan fingerprint density at radius 3 is 2.40 bits per heavy atom. The average Bonchev–Trinajstić information content (AvgIpc) is 2.75. The van der Waals surface area contributed by atoms with Gasteiger partial charge >= 0.3 is 0 Å². The minimum absolute atomic E-state index is 0.134. The molecule has 0 aliphatic carbocycles. The molecule has 2 aromatic rings. The third-order valence-corrected chi connectivity index (χ3v) is 3.74. The molecule has 1 aromatic carbocycles. The lowest BCUT2D eigenvalue weighted by Crippen LogP contribution is -2.29. The number of halogens is 2. The Morgan fingerprint density at radius 2 is 1.85 bits per heavy atom. The van der Waals surface area contributed by atoms with E-state index in [1.165, 1.54) is 0 Å². The van der Waals surface area contributed by atoms with Crippen LogP contribution in [0.15, 0.2) is 30.5 Å². The standard InChI is InChI=1S/C15H18Cl2N2O/c1-10(2)19-14(13(17)9-18-19)15(3,20)8-11-4-6-12(16)7-5-11/h4-7,9-10,20H,8H2,1-3H3. The van der Waals surface area contributed by atoms with E-state index < -0.39 is 5.60 Å². The van der Waals surface area contributed by atoms with Gasteiger partial charge < -0.3 is 5.11 Å². The summed E-state index contributed by atoms with van der Waals surface area (Å²) in [5.41, 5.74) is 0.544. The molecule has 20 heavy (non-hydrogen) atoms. The van der Waals surface area contributed by atoms with Crippen LogP contribution in [-0.4, -0.2) is 14.9 Å². The molecule has 0 spiro atoms. The maximum Gasteiger partial charge on any atom is 0.109 e. The van der Waals surface area contributed by atoms with Crippen LogP contribution in [0.5, 0.6) is 0 Å². The van der Waals surface area contributed by atoms with Crippen molar-refractivity contribution < 1.29 is 5.11 Å². The van der Waals surface area contributed by atoms with Crippen LogP contribution in [0.25, 0.3) is 0 Å². The minimum Gasteiger partial charge on any atom is -0.383 e. The van der Waals surface area contributed by atoms with Gasteiger partial charge in [-0.1, -0.05) is 35.3 Å². The molecule has 0 aliphatic rings. The van der Waals surface area contributed by atoms with E-state index in [1.807, 2.05) is 38.1 Å². The number of nitrogens with zero attached hydrogens (tertiary/aromatic N) is 2. The summed E-state index contributed by atoms with van der Waals surface area (Å²) < 4.78 is 1.76. The maximum atomic E-state index is 10.8. The molecule has 1 heterocycles. The summed E-state index contributed by atoms with van der Waals surface area (Å²) in [7, 11) is 0. The minimum atomic E-state index is -1.09. The Bertz CT molecular complexity index is 588. The fraction of sp³-hybridized carbons (Fsp3) is 0.400. The van der Waals surface area contributed by atoms with E-state index in [2.05, 4.69) is 5.10 Å². The number of rotatable bonds is 4. The molecule has 3 nitrogen and oxygen atoms in total. The molecule has 2 rings (SSSR count). The summed E-state index contributed by atoms with van der Waals surface area (Å²) in [4.78, 5) is 0. The molecule has 1 atom stereocenters. The first-order chi connectivity index (χ1) is 9.31. The Labute approximate surface area is 129 Å². The molecule has 5 heteroatoms. The highest BCUT2D eigenvalue weighted by molar-refractivity contribution is 6.31. The smallest absolute Gasteiger partial charge is 0.109 e. The molecular weight excluding hydrogens is 295 g/mol. The molecule has 0 saturated carbocycles. The molecule has 0 bridgehead atoms. The first-order valence-corrected chi connectivity index (χ1v) is 7.27. The van der Waals surface area contributed by atoms with Gasteiger partial charge in [-0.25, -0.2) is 0 Å². The zero-order valence-corrected chi connectivity index (χ0v) is 13.3. The van der Waals surface area contributed by atoms with E-state index >= 15 is 0 Å². The molecule has 0 amide bonds. The highest BCUT2D eigenvalue weighted by atomic mass is 35.5. The van der Waals surface area contributed by atoms with Crippen LogP contribution in [-0.2, 0) is 12.0 Å². The average molecular weight is 313 g/mol. The maximum absolute atomic E-state index is 10.8. The van der Waals surface area contributed by atoms with Crippen molar-refractivity contribution in [2.75, 3.05) is 0 Å². The van der Waals surface area contributed by atoms with Crippen molar-refractivity contribution in [3.63, 3.8) is 0 Å². The first-order valence-electron chi connectivity index (χ1n) is 6.51. The van der Waals surface area contributed by atoms with Crippen LogP contribution < -0.4 is 0 Å². The van der Waals surface area contributed by atoms with Crippen molar-refractivity contribution in [1.29, 1.82) is 0 Å². The highest BCUT2D eigenvalue weighted by Gasteiger charge is 2.31. The molecular formula is C15H18Cl2N2O. The normalized spacial score (nSPS) is 14.6. The zero-order valence-electron chi connectivity index (χ0n) is 11.8. The quantitative estimate of drug-likeness (QED) is 0.917. The van der Waals surface area contributed by atoms with Crippen LogP contribution in [0.1, 0.15) is 38.1 Å². The number of benzene rings is 1. The van der Waals surface area contributed by atoms with Gasteiger partial charge in [0.25, 0.3) is 0 Å². The number of aliphatic hydroxyl groups is 1. The summed E-state index contributed by atoms with van der Waals surface area (Å²) in [5, 5.41) is 16.2. The van der Waals surface area contributed by atoms with Gasteiger partial charge in [0, 0.05) is 17.5 Å². The lowest BCUT2D eigenvalue weighted by atomic mass is 9.93. The highest BCUT2D eigenvalue weighted by Crippen LogP contribution is 2.32. The van der Waals surface area contributed by atoms with E-state index in [0.29, 0.717) is 22.2 Å². The van der Waals surface area contributed by atoms with E-state index in [9.17, 15) is 5.11 Å². The summed E-state index contributed by atoms with van der Waals surface area (Å²) in [6.07, 6.45) is 2.02. The van der Waals surface area contributed by atoms with E-state index in [0.717, 1.165) is 5.56 Å². The van der Waals surface area contributed by atoms with Crippen LogP contribution in [0.3, 0.4) is 0 Å². The fourth-order valence-electron chi connectivity index (χ4n) is 2.32. The second-order valence-electron chi connectivity index (χ2n) is 5.46. The molecule has 108 valence electrons. The topological polar surface area (TPSA) is 38.0 Å². The van der Waals surface area contributed by atoms with Crippen molar-refractivity contribution in [1.82, 2.24) is 9.78 Å². The summed E-state index contributed by atoms with van der Waals surface area (Å²) in [5.74, 6) is 0. The van der Waals surface area contributed by atoms with Crippen LogP contribution in [0.2, 0.25) is 10.0 Å². The molecule has 0 saturated heterocycles. The van der Waals surface area contributed by atoms with Crippen LogP contribution in [0.4, 0.5) is 0 Å². The summed E-state index contributed by atoms with van der Waals surface area (Å²) >= 11 is 12.1. The van der Waals surface area contributed by atoms with Gasteiger partial charge in [0.1, 0.15) is 5.60 Å². The number of hydrogen-bond acceptors (Lipinski definition) is 2. The van der Waals surface area contributed by atoms with Gasteiger partial charge in [0.2, 0.25) is 0 Å². The predicted octanol–water partition coefficient (Wildman–Crippen LogP) is 4.22. The largest absolute Gasteiger partial charge is 0.383 e. The predicted molar refractivity (Wildman–Crippen MR) is 82.3 cm³/mol. The van der Waals surface area contributed by atoms with Gasteiger partial charge in [-0.05, 0) is 38.5 Å². The van der Waals surface area contributed by atoms with Gasteiger partial charge in [-0.2, -0.15) is 5.10 Å². The molecule has 0 aliphatic heterocycles. The Kier molecular flexibility index (Phi) is 4.43. The molecule has 1 unspecified atom stereocenters. The zero-order chi connectivity index (χ0) is 14.9. The molecule has 0 radical (unpaired) electrons. The van der Waals surface area contributed by atoms with Crippen LogP contribution in [0, 0.1) is 0 Å². The Hall–Kier alpha value is -1.03. The van der Waals surface area contributed by atoms with Gasteiger partial charge in [-0.3, -0.25) is 4.68 Å². The Balaban J connectivity index is 2.35. The second kappa shape index (κ2) is 5.76. The van der Waals surface area contributed by atoms with Gasteiger partial charge in [-0.15, -0.1) is 0 Å². The third-order valence-electron chi connectivity index (χ3n) is 3.21.